The van der Waals surface area contributed by atoms with E-state index < -0.39 is 17.7 Å². The van der Waals surface area contributed by atoms with Crippen molar-refractivity contribution in [3.05, 3.63) is 84.3 Å². The first kappa shape index (κ1) is 26.7. The molecule has 2 amide bonds. The molecule has 3 aromatic carbocycles. The summed E-state index contributed by atoms with van der Waals surface area (Å²) in [4.78, 5) is 30.2. The molecule has 0 aliphatic carbocycles. The Morgan fingerprint density at radius 2 is 1.71 bits per heavy atom. The van der Waals surface area contributed by atoms with Gasteiger partial charge in [0.1, 0.15) is 22.9 Å². The van der Waals surface area contributed by atoms with Gasteiger partial charge >= 0.3 is 6.09 Å². The van der Waals surface area contributed by atoms with Gasteiger partial charge in [-0.3, -0.25) is 4.79 Å². The molecule has 4 aromatic rings. The average molecular weight is 516 g/mol. The second-order valence-corrected chi connectivity index (χ2v) is 9.90. The highest BCUT2D eigenvalue weighted by Gasteiger charge is 2.24. The van der Waals surface area contributed by atoms with E-state index in [0.29, 0.717) is 47.7 Å². The Bertz CT molecular complexity index is 1360. The number of fused-ring (bicyclic) bond motifs is 1. The summed E-state index contributed by atoms with van der Waals surface area (Å²) in [5.74, 6) is 0.548. The van der Waals surface area contributed by atoms with Crippen molar-refractivity contribution in [3.63, 3.8) is 0 Å². The normalized spacial score (nSPS) is 12.1. The maximum absolute atomic E-state index is 13.6. The van der Waals surface area contributed by atoms with E-state index in [-0.39, 0.29) is 5.91 Å². The Kier molecular flexibility index (Phi) is 8.31. The van der Waals surface area contributed by atoms with E-state index in [2.05, 4.69) is 15.6 Å². The maximum Gasteiger partial charge on any atom is 0.407 e. The van der Waals surface area contributed by atoms with Gasteiger partial charge < -0.3 is 24.5 Å². The number of rotatable bonds is 9. The monoisotopic (exact) mass is 515 g/mol. The number of nitrogens with one attached hydrogen (secondary N) is 2. The summed E-state index contributed by atoms with van der Waals surface area (Å²) >= 11 is 0. The first-order valence-corrected chi connectivity index (χ1v) is 12.6. The molecule has 0 fully saturated rings. The zero-order valence-electron chi connectivity index (χ0n) is 22.1. The van der Waals surface area contributed by atoms with Crippen LogP contribution in [0.3, 0.4) is 0 Å². The molecule has 1 atom stereocenters. The number of benzene rings is 3. The summed E-state index contributed by atoms with van der Waals surface area (Å²) in [7, 11) is 1.54. The first-order valence-electron chi connectivity index (χ1n) is 12.6. The number of hydrogen-bond acceptors (Lipinski definition) is 6. The van der Waals surface area contributed by atoms with Gasteiger partial charge in [0.25, 0.3) is 5.91 Å². The van der Waals surface area contributed by atoms with E-state index in [1.165, 1.54) is 7.11 Å². The molecule has 0 aliphatic rings. The molecule has 1 aromatic heterocycles. The predicted molar refractivity (Wildman–Crippen MR) is 146 cm³/mol. The van der Waals surface area contributed by atoms with Crippen molar-refractivity contribution in [2.75, 3.05) is 13.7 Å². The van der Waals surface area contributed by atoms with Crippen LogP contribution in [0, 0.1) is 0 Å². The summed E-state index contributed by atoms with van der Waals surface area (Å²) in [5.41, 5.74) is 3.06. The molecule has 0 radical (unpaired) electrons. The highest BCUT2D eigenvalue weighted by molar-refractivity contribution is 5.98. The van der Waals surface area contributed by atoms with Crippen LogP contribution in [0.15, 0.2) is 77.2 Å². The fourth-order valence-corrected chi connectivity index (χ4v) is 4.04. The molecule has 8 nitrogen and oxygen atoms in total. The van der Waals surface area contributed by atoms with E-state index in [9.17, 15) is 9.59 Å². The number of carbonyl (C=O) groups is 2. The zero-order valence-corrected chi connectivity index (χ0v) is 22.1. The standard InChI is InChI=1S/C30H33N3O5/c1-30(2,3)38-29(35)31-18-10-14-24(28-33-23-13-8-9-15-26(23)37-28)32-27(34)22-19-21(16-17-25(22)36-4)20-11-6-5-7-12-20/h5-9,11-13,15-17,19,24H,10,14,18H2,1-4H3,(H,31,35)(H,32,34). The van der Waals surface area contributed by atoms with Crippen LogP contribution in [0.2, 0.25) is 0 Å². The van der Waals surface area contributed by atoms with Gasteiger partial charge in [-0.25, -0.2) is 9.78 Å². The van der Waals surface area contributed by atoms with Crippen LogP contribution in [0.25, 0.3) is 22.2 Å². The minimum absolute atomic E-state index is 0.313. The summed E-state index contributed by atoms with van der Waals surface area (Å²) in [6.07, 6.45) is 0.557. The first-order chi connectivity index (χ1) is 18.2. The third-order valence-electron chi connectivity index (χ3n) is 5.80. The molecule has 2 N–H and O–H groups in total. The van der Waals surface area contributed by atoms with Crippen LogP contribution in [-0.2, 0) is 4.74 Å². The van der Waals surface area contributed by atoms with Gasteiger partial charge in [-0.15, -0.1) is 0 Å². The van der Waals surface area contributed by atoms with Gasteiger partial charge in [-0.1, -0.05) is 48.5 Å². The molecule has 0 aliphatic heterocycles. The molecule has 4 rings (SSSR count). The second-order valence-electron chi connectivity index (χ2n) is 9.90. The summed E-state index contributed by atoms with van der Waals surface area (Å²) in [6.45, 7) is 5.81. The van der Waals surface area contributed by atoms with Crippen molar-refractivity contribution in [3.8, 4) is 16.9 Å². The van der Waals surface area contributed by atoms with Gasteiger partial charge in [0, 0.05) is 6.54 Å². The molecule has 198 valence electrons. The van der Waals surface area contributed by atoms with E-state index in [1.807, 2.05) is 87.5 Å². The van der Waals surface area contributed by atoms with Crippen molar-refractivity contribution >= 4 is 23.1 Å². The minimum atomic E-state index is -0.577. The molecule has 0 spiro atoms. The van der Waals surface area contributed by atoms with Crippen molar-refractivity contribution in [2.24, 2.45) is 0 Å². The van der Waals surface area contributed by atoms with Crippen LogP contribution >= 0.6 is 0 Å². The second kappa shape index (κ2) is 11.8. The Balaban J connectivity index is 1.54. The Hall–Kier alpha value is -4.33. The van der Waals surface area contributed by atoms with Crippen molar-refractivity contribution in [1.82, 2.24) is 15.6 Å². The van der Waals surface area contributed by atoms with Crippen LogP contribution < -0.4 is 15.4 Å². The number of para-hydroxylation sites is 2. The third-order valence-corrected chi connectivity index (χ3v) is 5.80. The molecule has 0 saturated carbocycles. The number of methoxy groups -OCH3 is 1. The fraction of sp³-hybridized carbons (Fsp3) is 0.300. The fourth-order valence-electron chi connectivity index (χ4n) is 4.04. The SMILES string of the molecule is COc1ccc(-c2ccccc2)cc1C(=O)NC(CCCNC(=O)OC(C)(C)C)c1nc2ccccc2o1. The molecule has 38 heavy (non-hydrogen) atoms. The topological polar surface area (TPSA) is 103 Å². The quantitative estimate of drug-likeness (QED) is 0.254. The van der Waals surface area contributed by atoms with E-state index in [4.69, 9.17) is 13.9 Å². The summed E-state index contributed by atoms with van der Waals surface area (Å²) in [6, 6.07) is 22.3. The maximum atomic E-state index is 13.6. The Labute approximate surface area is 222 Å². The smallest absolute Gasteiger partial charge is 0.407 e. The lowest BCUT2D eigenvalue weighted by Crippen LogP contribution is -2.34. The lowest BCUT2D eigenvalue weighted by molar-refractivity contribution is 0.0525. The number of alkyl carbamates (subject to hydrolysis) is 1. The zero-order chi connectivity index (χ0) is 27.1. The lowest BCUT2D eigenvalue weighted by Gasteiger charge is -2.20. The molecular weight excluding hydrogens is 482 g/mol. The molecule has 0 saturated heterocycles. The van der Waals surface area contributed by atoms with Crippen LogP contribution in [0.1, 0.15) is 55.9 Å². The molecule has 0 bridgehead atoms. The number of oxazole rings is 1. The number of ether oxygens (including phenoxy) is 2. The number of nitrogens with zero attached hydrogens (tertiary/aromatic N) is 1. The van der Waals surface area contributed by atoms with Gasteiger partial charge in [-0.2, -0.15) is 0 Å². The van der Waals surface area contributed by atoms with Crippen molar-refractivity contribution in [2.45, 2.75) is 45.3 Å². The van der Waals surface area contributed by atoms with Crippen LogP contribution in [0.4, 0.5) is 4.79 Å². The number of amides is 2. The number of hydrogen-bond donors (Lipinski definition) is 2. The van der Waals surface area contributed by atoms with Crippen LogP contribution in [-0.4, -0.2) is 36.2 Å². The van der Waals surface area contributed by atoms with Crippen molar-refractivity contribution < 1.29 is 23.5 Å². The lowest BCUT2D eigenvalue weighted by atomic mass is 10.0. The number of carbonyl (C=O) groups excluding carboxylic acids is 2. The Morgan fingerprint density at radius 3 is 2.42 bits per heavy atom. The summed E-state index contributed by atoms with van der Waals surface area (Å²) < 4.78 is 16.8. The average Bonchev–Trinajstić information content (AvgIpc) is 3.33. The molecular formula is C30H33N3O5. The van der Waals surface area contributed by atoms with E-state index >= 15 is 0 Å². The molecule has 8 heteroatoms. The van der Waals surface area contributed by atoms with Gasteiger partial charge in [-0.05, 0) is 69.0 Å². The highest BCUT2D eigenvalue weighted by Crippen LogP contribution is 2.29. The van der Waals surface area contributed by atoms with Crippen molar-refractivity contribution in [1.29, 1.82) is 0 Å². The third kappa shape index (κ3) is 6.91. The largest absolute Gasteiger partial charge is 0.496 e. The minimum Gasteiger partial charge on any atom is -0.496 e. The predicted octanol–water partition coefficient (Wildman–Crippen LogP) is 6.28. The van der Waals surface area contributed by atoms with E-state index in [0.717, 1.165) is 11.1 Å². The summed E-state index contributed by atoms with van der Waals surface area (Å²) in [5, 5.41) is 5.83. The Morgan fingerprint density at radius 1 is 0.974 bits per heavy atom. The van der Waals surface area contributed by atoms with Gasteiger partial charge in [0.2, 0.25) is 5.89 Å². The molecule has 1 heterocycles. The molecule has 1 unspecified atom stereocenters. The highest BCUT2D eigenvalue weighted by atomic mass is 16.6. The number of aromatic nitrogens is 1. The van der Waals surface area contributed by atoms with Gasteiger partial charge in [0.05, 0.1) is 12.7 Å². The van der Waals surface area contributed by atoms with Gasteiger partial charge in [0.15, 0.2) is 5.58 Å². The van der Waals surface area contributed by atoms with E-state index in [1.54, 1.807) is 6.07 Å². The van der Waals surface area contributed by atoms with Crippen LogP contribution in [0.5, 0.6) is 5.75 Å².